The Morgan fingerprint density at radius 1 is 0.964 bits per heavy atom. The van der Waals surface area contributed by atoms with Gasteiger partial charge in [-0.15, -0.1) is 0 Å². The zero-order valence-corrected chi connectivity index (χ0v) is 15.7. The minimum Gasteiger partial charge on any atom is -0.476 e. The van der Waals surface area contributed by atoms with Gasteiger partial charge in [-0.1, -0.05) is 79.9 Å². The van der Waals surface area contributed by atoms with Gasteiger partial charge in [0.1, 0.15) is 0 Å². The molecule has 1 aliphatic carbocycles. The van der Waals surface area contributed by atoms with Crippen LogP contribution in [-0.2, 0) is 0 Å². The second kappa shape index (κ2) is 7.60. The monoisotopic (exact) mass is 376 g/mol. The summed E-state index contributed by atoms with van der Waals surface area (Å²) in [6.45, 7) is 0. The molecule has 1 aliphatic rings. The van der Waals surface area contributed by atoms with Gasteiger partial charge in [-0.05, 0) is 18.4 Å². The summed E-state index contributed by atoms with van der Waals surface area (Å²) in [4.78, 5) is 16.1. The number of benzene rings is 2. The van der Waals surface area contributed by atoms with Gasteiger partial charge in [-0.25, -0.2) is 9.78 Å². The molecule has 0 aliphatic heterocycles. The highest BCUT2D eigenvalue weighted by Crippen LogP contribution is 2.43. The highest BCUT2D eigenvalue weighted by molar-refractivity contribution is 5.93. The number of imidazole rings is 1. The van der Waals surface area contributed by atoms with Gasteiger partial charge in [0.15, 0.2) is 5.69 Å². The molecule has 0 spiro atoms. The average Bonchev–Trinajstić information content (AvgIpc) is 3.15. The summed E-state index contributed by atoms with van der Waals surface area (Å²) in [6.07, 6.45) is 5.96. The van der Waals surface area contributed by atoms with Crippen molar-refractivity contribution >= 4 is 5.97 Å². The lowest BCUT2D eigenvalue weighted by atomic mass is 9.76. The summed E-state index contributed by atoms with van der Waals surface area (Å²) < 4.78 is 1.86. The first-order valence-electron chi connectivity index (χ1n) is 9.73. The summed E-state index contributed by atoms with van der Waals surface area (Å²) in [7, 11) is 0. The largest absolute Gasteiger partial charge is 0.476 e. The second-order valence-corrected chi connectivity index (χ2v) is 7.50. The molecule has 0 radical (unpaired) electrons. The number of nitrogens with zero attached hydrogens (tertiary/aromatic N) is 2. The second-order valence-electron chi connectivity index (χ2n) is 7.50. The van der Waals surface area contributed by atoms with Crippen molar-refractivity contribution in [1.82, 2.24) is 9.55 Å². The molecule has 0 unspecified atom stereocenters. The number of carboxylic acid groups (broad SMARTS) is 1. The van der Waals surface area contributed by atoms with Gasteiger partial charge in [-0.3, -0.25) is 0 Å². The maximum absolute atomic E-state index is 11.9. The Bertz CT molecular complexity index is 944. The van der Waals surface area contributed by atoms with Crippen LogP contribution in [0.25, 0.3) is 11.3 Å². The van der Waals surface area contributed by atoms with Crippen LogP contribution in [0.5, 0.6) is 0 Å². The number of aliphatic hydroxyl groups is 1. The standard InChI is InChI=1S/C23H24N2O3/c26-22(27)19-20(17-10-4-1-5-11-17)25(16-24-19)21(18-12-6-2-7-13-18)23(28)14-8-3-9-15-23/h1-2,4-7,10-13,16,21,28H,3,8-9,14-15H2,(H,26,27)/t21-/m0/s1. The predicted molar refractivity (Wildman–Crippen MR) is 107 cm³/mol. The minimum absolute atomic E-state index is 0.00606. The first-order valence-corrected chi connectivity index (χ1v) is 9.73. The molecule has 1 fully saturated rings. The molecule has 0 bridgehead atoms. The number of hydrogen-bond donors (Lipinski definition) is 2. The average molecular weight is 376 g/mol. The van der Waals surface area contributed by atoms with Crippen LogP contribution < -0.4 is 0 Å². The van der Waals surface area contributed by atoms with E-state index in [1.807, 2.05) is 65.2 Å². The zero-order chi connectivity index (χ0) is 19.6. The van der Waals surface area contributed by atoms with E-state index in [-0.39, 0.29) is 5.69 Å². The molecule has 2 aromatic carbocycles. The van der Waals surface area contributed by atoms with Crippen molar-refractivity contribution in [1.29, 1.82) is 0 Å². The number of rotatable bonds is 5. The van der Waals surface area contributed by atoms with Crippen molar-refractivity contribution in [2.45, 2.75) is 43.7 Å². The Kier molecular flexibility index (Phi) is 5.01. The van der Waals surface area contributed by atoms with Crippen LogP contribution in [0, 0.1) is 0 Å². The maximum atomic E-state index is 11.9. The third-order valence-electron chi connectivity index (χ3n) is 5.67. The van der Waals surface area contributed by atoms with Crippen LogP contribution in [-0.4, -0.2) is 31.3 Å². The van der Waals surface area contributed by atoms with Gasteiger partial charge < -0.3 is 14.8 Å². The molecule has 1 atom stereocenters. The lowest BCUT2D eigenvalue weighted by Gasteiger charge is -2.40. The lowest BCUT2D eigenvalue weighted by molar-refractivity contribution is -0.0299. The van der Waals surface area contributed by atoms with Crippen LogP contribution >= 0.6 is 0 Å². The van der Waals surface area contributed by atoms with Crippen molar-refractivity contribution in [2.24, 2.45) is 0 Å². The van der Waals surface area contributed by atoms with Gasteiger partial charge in [0.25, 0.3) is 0 Å². The van der Waals surface area contributed by atoms with E-state index in [9.17, 15) is 15.0 Å². The third kappa shape index (κ3) is 3.34. The van der Waals surface area contributed by atoms with Crippen molar-refractivity contribution in [3.05, 3.63) is 78.2 Å². The Hall–Kier alpha value is -2.92. The topological polar surface area (TPSA) is 75.3 Å². The van der Waals surface area contributed by atoms with E-state index in [0.29, 0.717) is 18.5 Å². The SMILES string of the molecule is O=C(O)c1ncn([C@@H](c2ccccc2)C2(O)CCCCC2)c1-c1ccccc1. The zero-order valence-electron chi connectivity index (χ0n) is 15.7. The predicted octanol–water partition coefficient (Wildman–Crippen LogP) is 4.53. The van der Waals surface area contributed by atoms with Gasteiger partial charge in [0.2, 0.25) is 0 Å². The molecule has 0 saturated heterocycles. The van der Waals surface area contributed by atoms with Crippen LogP contribution in [0.4, 0.5) is 0 Å². The lowest BCUT2D eigenvalue weighted by Crippen LogP contribution is -2.42. The van der Waals surface area contributed by atoms with E-state index >= 15 is 0 Å². The van der Waals surface area contributed by atoms with Gasteiger partial charge in [-0.2, -0.15) is 0 Å². The van der Waals surface area contributed by atoms with Crippen LogP contribution in [0.15, 0.2) is 67.0 Å². The first kappa shape index (κ1) is 18.4. The molecule has 2 N–H and O–H groups in total. The molecule has 28 heavy (non-hydrogen) atoms. The van der Waals surface area contributed by atoms with E-state index in [2.05, 4.69) is 4.98 Å². The van der Waals surface area contributed by atoms with E-state index in [0.717, 1.165) is 30.4 Å². The normalized spacial score (nSPS) is 17.2. The molecule has 1 aromatic heterocycles. The molecule has 144 valence electrons. The fourth-order valence-electron chi connectivity index (χ4n) is 4.40. The molecule has 5 nitrogen and oxygen atoms in total. The van der Waals surface area contributed by atoms with Gasteiger partial charge >= 0.3 is 5.97 Å². The highest BCUT2D eigenvalue weighted by atomic mass is 16.4. The van der Waals surface area contributed by atoms with E-state index < -0.39 is 17.6 Å². The Morgan fingerprint density at radius 3 is 2.18 bits per heavy atom. The van der Waals surface area contributed by atoms with Crippen LogP contribution in [0.1, 0.15) is 54.2 Å². The quantitative estimate of drug-likeness (QED) is 0.686. The number of aromatic nitrogens is 2. The van der Waals surface area contributed by atoms with E-state index in [4.69, 9.17) is 0 Å². The highest BCUT2D eigenvalue weighted by Gasteiger charge is 2.41. The summed E-state index contributed by atoms with van der Waals surface area (Å²) >= 11 is 0. The Morgan fingerprint density at radius 2 is 1.57 bits per heavy atom. The number of aromatic carboxylic acids is 1. The van der Waals surface area contributed by atoms with Gasteiger partial charge in [0, 0.05) is 5.56 Å². The van der Waals surface area contributed by atoms with Crippen molar-refractivity contribution < 1.29 is 15.0 Å². The Labute approximate surface area is 164 Å². The molecule has 3 aromatic rings. The molecule has 1 saturated carbocycles. The van der Waals surface area contributed by atoms with Crippen molar-refractivity contribution in [3.63, 3.8) is 0 Å². The van der Waals surface area contributed by atoms with Crippen molar-refractivity contribution in [2.75, 3.05) is 0 Å². The fraction of sp³-hybridized carbons (Fsp3) is 0.304. The third-order valence-corrected chi connectivity index (χ3v) is 5.67. The molecular weight excluding hydrogens is 352 g/mol. The summed E-state index contributed by atoms with van der Waals surface area (Å²) in [5, 5.41) is 21.4. The van der Waals surface area contributed by atoms with E-state index in [1.54, 1.807) is 6.33 Å². The molecule has 0 amide bonds. The molecule has 5 heteroatoms. The smallest absolute Gasteiger partial charge is 0.356 e. The summed E-state index contributed by atoms with van der Waals surface area (Å²) in [5.74, 6) is -1.07. The molecular formula is C23H24N2O3. The van der Waals surface area contributed by atoms with Crippen LogP contribution in [0.2, 0.25) is 0 Å². The summed E-state index contributed by atoms with van der Waals surface area (Å²) in [5.41, 5.74) is 1.32. The Balaban J connectivity index is 1.94. The summed E-state index contributed by atoms with van der Waals surface area (Å²) in [6, 6.07) is 18.9. The number of carbonyl (C=O) groups is 1. The minimum atomic E-state index is -1.07. The van der Waals surface area contributed by atoms with E-state index in [1.165, 1.54) is 0 Å². The molecule has 4 rings (SSSR count). The number of hydrogen-bond acceptors (Lipinski definition) is 3. The first-order chi connectivity index (χ1) is 13.6. The molecule has 1 heterocycles. The maximum Gasteiger partial charge on any atom is 0.356 e. The fourth-order valence-corrected chi connectivity index (χ4v) is 4.40. The van der Waals surface area contributed by atoms with Crippen molar-refractivity contribution in [3.8, 4) is 11.3 Å². The van der Waals surface area contributed by atoms with Gasteiger partial charge in [0.05, 0.1) is 23.7 Å². The van der Waals surface area contributed by atoms with Crippen LogP contribution in [0.3, 0.4) is 0 Å². The number of carboxylic acids is 1.